The van der Waals surface area contributed by atoms with Crippen LogP contribution in [0.3, 0.4) is 0 Å². The Hall–Kier alpha value is -1.52. The molecule has 0 atom stereocenters. The van der Waals surface area contributed by atoms with Crippen molar-refractivity contribution < 1.29 is 22.7 Å². The normalized spacial score (nSPS) is 10.9. The average Bonchev–Trinajstić information content (AvgIpc) is 2.30. The largest absolute Gasteiger partial charge is 0.466 e. The monoisotopic (exact) mass is 365 g/mol. The molecule has 0 radical (unpaired) electrons. The lowest BCUT2D eigenvalue weighted by Crippen LogP contribution is -2.22. The van der Waals surface area contributed by atoms with Crippen molar-refractivity contribution in [2.45, 2.75) is 18.2 Å². The van der Waals surface area contributed by atoms with Crippen LogP contribution in [0.5, 0.6) is 0 Å². The quantitative estimate of drug-likeness (QED) is 0.573. The number of primary sulfonamides is 1. The van der Waals surface area contributed by atoms with E-state index >= 15 is 0 Å². The van der Waals surface area contributed by atoms with E-state index in [2.05, 4.69) is 31.0 Å². The molecule has 0 saturated carbocycles. The number of carbonyl (C=O) groups excluding carboxylic acids is 2. The van der Waals surface area contributed by atoms with E-state index in [-0.39, 0.29) is 17.3 Å². The Balaban J connectivity index is 2.93. The first-order valence-corrected chi connectivity index (χ1v) is 7.71. The topological polar surface area (TPSA) is 128 Å². The molecule has 1 aromatic rings. The van der Waals surface area contributed by atoms with Crippen LogP contribution in [-0.2, 0) is 24.3 Å². The van der Waals surface area contributed by atoms with E-state index in [0.717, 1.165) is 0 Å². The molecule has 20 heavy (non-hydrogen) atoms. The Morgan fingerprint density at radius 2 is 2.15 bits per heavy atom. The number of sulfonamides is 1. The summed E-state index contributed by atoms with van der Waals surface area (Å²) in [5.74, 6) is -1.72. The zero-order chi connectivity index (χ0) is 15.3. The van der Waals surface area contributed by atoms with Crippen LogP contribution in [-0.4, -0.2) is 31.9 Å². The highest BCUT2D eigenvalue weighted by atomic mass is 79.9. The highest BCUT2D eigenvalue weighted by Gasteiger charge is 2.19. The zero-order valence-corrected chi connectivity index (χ0v) is 12.8. The molecule has 0 aliphatic rings. The summed E-state index contributed by atoms with van der Waals surface area (Å²) in [4.78, 5) is 26.1. The minimum absolute atomic E-state index is 0.144. The van der Waals surface area contributed by atoms with Gasteiger partial charge in [0, 0.05) is 10.7 Å². The second-order valence-electron chi connectivity index (χ2n) is 3.58. The van der Waals surface area contributed by atoms with Gasteiger partial charge in [-0.2, -0.15) is 0 Å². The van der Waals surface area contributed by atoms with E-state index in [1.165, 1.54) is 12.3 Å². The number of nitrogens with two attached hydrogens (primary N) is 1. The third-order valence-electron chi connectivity index (χ3n) is 1.99. The summed E-state index contributed by atoms with van der Waals surface area (Å²) in [6.45, 7) is 1.75. The number of nitrogens with zero attached hydrogens (tertiary/aromatic N) is 1. The summed E-state index contributed by atoms with van der Waals surface area (Å²) < 4.78 is 27.7. The molecule has 0 aromatic carbocycles. The van der Waals surface area contributed by atoms with Gasteiger partial charge in [0.25, 0.3) is 0 Å². The third kappa shape index (κ3) is 4.87. The number of ether oxygens (including phenoxy) is 1. The Morgan fingerprint density at radius 1 is 1.50 bits per heavy atom. The number of amides is 1. The van der Waals surface area contributed by atoms with Crippen LogP contribution in [0.1, 0.15) is 13.3 Å². The first kappa shape index (κ1) is 16.5. The molecular weight excluding hydrogens is 354 g/mol. The fourth-order valence-corrected chi connectivity index (χ4v) is 2.40. The lowest BCUT2D eigenvalue weighted by Gasteiger charge is -2.08. The number of rotatable bonds is 5. The molecule has 110 valence electrons. The molecule has 1 heterocycles. The number of hydrogen-bond acceptors (Lipinski definition) is 6. The van der Waals surface area contributed by atoms with E-state index in [9.17, 15) is 18.0 Å². The van der Waals surface area contributed by atoms with Crippen LogP contribution in [0, 0.1) is 0 Å². The van der Waals surface area contributed by atoms with Gasteiger partial charge in [0.2, 0.25) is 15.9 Å². The van der Waals surface area contributed by atoms with Crippen LogP contribution in [0.2, 0.25) is 0 Å². The third-order valence-corrected chi connectivity index (χ3v) is 3.35. The number of nitrogens with one attached hydrogen (secondary N) is 1. The zero-order valence-electron chi connectivity index (χ0n) is 10.4. The lowest BCUT2D eigenvalue weighted by atomic mass is 10.4. The summed E-state index contributed by atoms with van der Waals surface area (Å²) in [7, 11) is -4.06. The van der Waals surface area contributed by atoms with Gasteiger partial charge in [-0.05, 0) is 28.9 Å². The highest BCUT2D eigenvalue weighted by Crippen LogP contribution is 2.21. The van der Waals surface area contributed by atoms with Crippen molar-refractivity contribution in [1.29, 1.82) is 0 Å². The Bertz CT molecular complexity index is 632. The minimum atomic E-state index is -4.06. The van der Waals surface area contributed by atoms with Gasteiger partial charge in [0.15, 0.2) is 5.82 Å². The number of anilines is 1. The van der Waals surface area contributed by atoms with Gasteiger partial charge in [-0.3, -0.25) is 9.59 Å². The van der Waals surface area contributed by atoms with Crippen molar-refractivity contribution in [1.82, 2.24) is 4.98 Å². The van der Waals surface area contributed by atoms with Gasteiger partial charge in [0.1, 0.15) is 11.3 Å². The summed E-state index contributed by atoms with van der Waals surface area (Å²) in [6, 6.07) is 1.20. The highest BCUT2D eigenvalue weighted by molar-refractivity contribution is 9.10. The first-order valence-electron chi connectivity index (χ1n) is 5.38. The number of pyridine rings is 1. The van der Waals surface area contributed by atoms with E-state index in [4.69, 9.17) is 5.14 Å². The summed E-state index contributed by atoms with van der Waals surface area (Å²) in [5, 5.41) is 7.22. The van der Waals surface area contributed by atoms with Gasteiger partial charge in [0.05, 0.1) is 6.61 Å². The summed E-state index contributed by atoms with van der Waals surface area (Å²) in [5.41, 5.74) is 0. The standard InChI is InChI=1S/C10H12BrN3O5S/c1-2-19-9(16)4-8(15)14-10-7(20(12,17)18)3-6(11)5-13-10/h3,5H,2,4H2,1H3,(H2,12,17,18)(H,13,14,15). The van der Waals surface area contributed by atoms with Gasteiger partial charge >= 0.3 is 5.97 Å². The van der Waals surface area contributed by atoms with Crippen molar-refractivity contribution >= 4 is 43.6 Å². The number of hydrogen-bond donors (Lipinski definition) is 2. The van der Waals surface area contributed by atoms with Crippen molar-refractivity contribution in [2.24, 2.45) is 5.14 Å². The maximum absolute atomic E-state index is 11.6. The maximum atomic E-state index is 11.6. The predicted octanol–water partition coefficient (Wildman–Crippen LogP) is 0.383. The Morgan fingerprint density at radius 3 is 2.70 bits per heavy atom. The number of carbonyl (C=O) groups is 2. The van der Waals surface area contributed by atoms with E-state index in [1.807, 2.05) is 0 Å². The van der Waals surface area contributed by atoms with Crippen molar-refractivity contribution in [2.75, 3.05) is 11.9 Å². The van der Waals surface area contributed by atoms with Crippen LogP contribution >= 0.6 is 15.9 Å². The van der Waals surface area contributed by atoms with Crippen molar-refractivity contribution in [3.05, 3.63) is 16.7 Å². The molecule has 0 bridgehead atoms. The molecule has 0 saturated heterocycles. The molecule has 3 N–H and O–H groups in total. The fraction of sp³-hybridized carbons (Fsp3) is 0.300. The summed E-state index contributed by atoms with van der Waals surface area (Å²) >= 11 is 3.05. The molecule has 10 heteroatoms. The molecule has 0 unspecified atom stereocenters. The number of aromatic nitrogens is 1. The Kier molecular flexibility index (Phi) is 5.60. The molecule has 1 amide bonds. The number of halogens is 1. The average molecular weight is 366 g/mol. The first-order chi connectivity index (χ1) is 9.24. The van der Waals surface area contributed by atoms with Crippen molar-refractivity contribution in [3.8, 4) is 0 Å². The van der Waals surface area contributed by atoms with Crippen molar-refractivity contribution in [3.63, 3.8) is 0 Å². The lowest BCUT2D eigenvalue weighted by molar-refractivity contribution is -0.145. The molecular formula is C10H12BrN3O5S. The van der Waals surface area contributed by atoms with Gasteiger partial charge in [-0.25, -0.2) is 18.5 Å². The molecule has 0 aliphatic carbocycles. The van der Waals surface area contributed by atoms with Crippen LogP contribution < -0.4 is 10.5 Å². The number of esters is 1. The van der Waals surface area contributed by atoms with Crippen LogP contribution in [0.25, 0.3) is 0 Å². The molecule has 0 fully saturated rings. The predicted molar refractivity (Wildman–Crippen MR) is 73.2 cm³/mol. The second-order valence-corrected chi connectivity index (χ2v) is 6.02. The van der Waals surface area contributed by atoms with E-state index in [0.29, 0.717) is 4.47 Å². The smallest absolute Gasteiger partial charge is 0.315 e. The maximum Gasteiger partial charge on any atom is 0.315 e. The second kappa shape index (κ2) is 6.77. The molecule has 8 nitrogen and oxygen atoms in total. The molecule has 1 rings (SSSR count). The van der Waals surface area contributed by atoms with Crippen LogP contribution in [0.4, 0.5) is 5.82 Å². The van der Waals surface area contributed by atoms with Crippen LogP contribution in [0.15, 0.2) is 21.6 Å². The van der Waals surface area contributed by atoms with E-state index in [1.54, 1.807) is 6.92 Å². The van der Waals surface area contributed by atoms with Gasteiger partial charge in [-0.1, -0.05) is 0 Å². The Labute approximate surface area is 123 Å². The fourth-order valence-electron chi connectivity index (χ4n) is 1.25. The molecule has 0 spiro atoms. The summed E-state index contributed by atoms with van der Waals surface area (Å²) in [6.07, 6.45) is 0.740. The SMILES string of the molecule is CCOC(=O)CC(=O)Nc1ncc(Br)cc1S(N)(=O)=O. The van der Waals surface area contributed by atoms with Gasteiger partial charge < -0.3 is 10.1 Å². The molecule has 1 aromatic heterocycles. The van der Waals surface area contributed by atoms with Gasteiger partial charge in [-0.15, -0.1) is 0 Å². The molecule has 0 aliphatic heterocycles. The minimum Gasteiger partial charge on any atom is -0.466 e. The van der Waals surface area contributed by atoms with E-state index < -0.39 is 28.3 Å².